The number of aromatic nitrogens is 4. The Bertz CT molecular complexity index is 1460. The van der Waals surface area contributed by atoms with Crippen molar-refractivity contribution >= 4 is 67.7 Å². The summed E-state index contributed by atoms with van der Waals surface area (Å²) < 4.78 is 4.47. The van der Waals surface area contributed by atoms with Gasteiger partial charge in [0.1, 0.15) is 15.3 Å². The van der Waals surface area contributed by atoms with E-state index in [2.05, 4.69) is 20.4 Å². The molecule has 0 radical (unpaired) electrons. The van der Waals surface area contributed by atoms with Gasteiger partial charge in [0.2, 0.25) is 9.54 Å². The van der Waals surface area contributed by atoms with E-state index in [4.69, 9.17) is 24.4 Å². The molecule has 28 heavy (non-hydrogen) atoms. The standard InChI is InChI=1S/C18H14N6OS3/c1-9(10-5-3-2-4-6-10)22-24-16(25)13-12(20-18(24)27)11-14-19-7-8-23(14)17(26)21-15(11)28-13/h2-6,19H,7-8H2,1H3,(H,20,27)/b22-9+. The van der Waals surface area contributed by atoms with E-state index in [0.29, 0.717) is 25.5 Å². The van der Waals surface area contributed by atoms with Crippen molar-refractivity contribution in [1.29, 1.82) is 0 Å². The van der Waals surface area contributed by atoms with Crippen LogP contribution in [0.15, 0.2) is 40.2 Å². The molecule has 5 rings (SSSR count). The first-order valence-corrected chi connectivity index (χ1v) is 10.2. The maximum absolute atomic E-state index is 13.2. The van der Waals surface area contributed by atoms with E-state index in [-0.39, 0.29) is 10.3 Å². The van der Waals surface area contributed by atoms with Crippen LogP contribution in [0.1, 0.15) is 12.5 Å². The van der Waals surface area contributed by atoms with Gasteiger partial charge in [-0.3, -0.25) is 4.79 Å². The molecule has 0 fully saturated rings. The Balaban J connectivity index is 1.81. The van der Waals surface area contributed by atoms with Gasteiger partial charge in [0.25, 0.3) is 5.56 Å². The number of hydrogen-bond acceptors (Lipinski definition) is 7. The van der Waals surface area contributed by atoms with Gasteiger partial charge in [-0.25, -0.2) is 4.98 Å². The van der Waals surface area contributed by atoms with Crippen molar-refractivity contribution < 1.29 is 0 Å². The summed E-state index contributed by atoms with van der Waals surface area (Å²) in [5.41, 5.74) is 2.04. The first-order valence-electron chi connectivity index (χ1n) is 8.62. The van der Waals surface area contributed by atoms with E-state index in [1.807, 2.05) is 41.8 Å². The molecular weight excluding hydrogens is 412 g/mol. The molecule has 0 saturated carbocycles. The van der Waals surface area contributed by atoms with Crippen molar-refractivity contribution in [3.8, 4) is 0 Å². The zero-order valence-corrected chi connectivity index (χ0v) is 17.2. The Hall–Kier alpha value is -2.69. The average molecular weight is 427 g/mol. The molecule has 0 unspecified atom stereocenters. The number of anilines is 1. The third-order valence-electron chi connectivity index (χ3n) is 4.70. The fourth-order valence-corrected chi connectivity index (χ4v) is 4.98. The van der Waals surface area contributed by atoms with Crippen LogP contribution in [0.3, 0.4) is 0 Å². The SMILES string of the molecule is C/C(=N\n1c(=S)[nH]c2c(sc3nc(=S)n4c(c32)NCC4)c1=O)c1ccccc1. The second-order valence-electron chi connectivity index (χ2n) is 6.41. The Morgan fingerprint density at radius 3 is 2.86 bits per heavy atom. The third kappa shape index (κ3) is 2.56. The van der Waals surface area contributed by atoms with Crippen molar-refractivity contribution in [2.45, 2.75) is 13.5 Å². The van der Waals surface area contributed by atoms with E-state index in [1.54, 1.807) is 0 Å². The quantitative estimate of drug-likeness (QED) is 0.375. The molecular formula is C18H14N6OS3. The average Bonchev–Trinajstić information content (AvgIpc) is 3.31. The number of hydrogen-bond donors (Lipinski definition) is 2. The normalized spacial score (nSPS) is 13.8. The molecule has 1 aliphatic rings. The molecule has 3 aromatic heterocycles. The number of nitrogens with one attached hydrogen (secondary N) is 2. The minimum Gasteiger partial charge on any atom is -0.369 e. The zero-order chi connectivity index (χ0) is 19.4. The molecule has 0 atom stereocenters. The molecule has 0 saturated heterocycles. The molecule has 4 heterocycles. The highest BCUT2D eigenvalue weighted by Gasteiger charge is 2.21. The van der Waals surface area contributed by atoms with Gasteiger partial charge >= 0.3 is 0 Å². The summed E-state index contributed by atoms with van der Waals surface area (Å²) in [5, 5.41) is 8.66. The molecule has 1 aliphatic heterocycles. The molecule has 4 aromatic rings. The fraction of sp³-hybridized carbons (Fsp3) is 0.167. The van der Waals surface area contributed by atoms with Gasteiger partial charge in [-0.05, 0) is 36.9 Å². The van der Waals surface area contributed by atoms with Crippen LogP contribution >= 0.6 is 35.8 Å². The van der Waals surface area contributed by atoms with Crippen LogP contribution in [0.25, 0.3) is 20.4 Å². The topological polar surface area (TPSA) is 80.0 Å². The molecule has 1 aromatic carbocycles. The molecule has 140 valence electrons. The number of fused-ring (bicyclic) bond motifs is 5. The zero-order valence-electron chi connectivity index (χ0n) is 14.7. The summed E-state index contributed by atoms with van der Waals surface area (Å²) in [5.74, 6) is 0.882. The lowest BCUT2D eigenvalue weighted by molar-refractivity contribution is 0.774. The molecule has 0 bridgehead atoms. The minimum absolute atomic E-state index is 0.242. The summed E-state index contributed by atoms with van der Waals surface area (Å²) in [6.07, 6.45) is 0. The number of H-pyrrole nitrogens is 1. The van der Waals surface area contributed by atoms with E-state index in [0.717, 1.165) is 29.9 Å². The summed E-state index contributed by atoms with van der Waals surface area (Å²) >= 11 is 12.1. The minimum atomic E-state index is -0.264. The van der Waals surface area contributed by atoms with Gasteiger partial charge in [0.15, 0.2) is 0 Å². The highest BCUT2D eigenvalue weighted by atomic mass is 32.1. The smallest absolute Gasteiger partial charge is 0.293 e. The lowest BCUT2D eigenvalue weighted by Gasteiger charge is -2.05. The number of aromatic amines is 1. The Morgan fingerprint density at radius 2 is 2.07 bits per heavy atom. The first kappa shape index (κ1) is 17.4. The summed E-state index contributed by atoms with van der Waals surface area (Å²) in [7, 11) is 0. The van der Waals surface area contributed by atoms with E-state index >= 15 is 0 Å². The largest absolute Gasteiger partial charge is 0.369 e. The van der Waals surface area contributed by atoms with Crippen LogP contribution in [0.5, 0.6) is 0 Å². The van der Waals surface area contributed by atoms with Gasteiger partial charge in [-0.15, -0.1) is 11.3 Å². The number of nitrogens with zero attached hydrogens (tertiary/aromatic N) is 4. The van der Waals surface area contributed by atoms with Gasteiger partial charge in [-0.1, -0.05) is 30.3 Å². The van der Waals surface area contributed by atoms with Crippen molar-refractivity contribution in [2.75, 3.05) is 11.9 Å². The van der Waals surface area contributed by atoms with Crippen molar-refractivity contribution in [1.82, 2.24) is 19.2 Å². The molecule has 0 aliphatic carbocycles. The van der Waals surface area contributed by atoms with Crippen molar-refractivity contribution in [3.05, 3.63) is 55.8 Å². The molecule has 0 spiro atoms. The molecule has 10 heteroatoms. The second-order valence-corrected chi connectivity index (χ2v) is 8.16. The number of benzene rings is 1. The van der Waals surface area contributed by atoms with Crippen LogP contribution in [-0.2, 0) is 6.54 Å². The van der Waals surface area contributed by atoms with Crippen LogP contribution in [-0.4, -0.2) is 31.5 Å². The fourth-order valence-electron chi connectivity index (χ4n) is 3.37. The highest BCUT2D eigenvalue weighted by Crippen LogP contribution is 2.35. The van der Waals surface area contributed by atoms with Crippen molar-refractivity contribution in [3.63, 3.8) is 0 Å². The maximum atomic E-state index is 13.2. The van der Waals surface area contributed by atoms with Gasteiger partial charge in [-0.2, -0.15) is 9.78 Å². The monoisotopic (exact) mass is 426 g/mol. The summed E-state index contributed by atoms with van der Waals surface area (Å²) in [6, 6.07) is 9.67. The number of rotatable bonds is 2. The van der Waals surface area contributed by atoms with Crippen LogP contribution in [0.4, 0.5) is 5.82 Å². The van der Waals surface area contributed by atoms with Crippen molar-refractivity contribution in [2.24, 2.45) is 5.10 Å². The summed E-state index contributed by atoms with van der Waals surface area (Å²) in [4.78, 5) is 21.6. The molecule has 2 N–H and O–H groups in total. The highest BCUT2D eigenvalue weighted by molar-refractivity contribution is 7.71. The van der Waals surface area contributed by atoms with Gasteiger partial charge < -0.3 is 14.9 Å². The lowest BCUT2D eigenvalue weighted by Crippen LogP contribution is -2.19. The molecule has 0 amide bonds. The van der Waals surface area contributed by atoms with E-state index in [9.17, 15) is 4.79 Å². The van der Waals surface area contributed by atoms with Crippen LogP contribution in [0, 0.1) is 9.54 Å². The molecule has 7 nitrogen and oxygen atoms in total. The van der Waals surface area contributed by atoms with Crippen LogP contribution < -0.4 is 10.9 Å². The number of thiophene rings is 1. The Labute approximate surface area is 173 Å². The predicted octanol–water partition coefficient (Wildman–Crippen LogP) is 3.90. The third-order valence-corrected chi connectivity index (χ3v) is 6.36. The van der Waals surface area contributed by atoms with Gasteiger partial charge in [0, 0.05) is 13.1 Å². The Kier molecular flexibility index (Phi) is 4.00. The second kappa shape index (κ2) is 6.43. The predicted molar refractivity (Wildman–Crippen MR) is 118 cm³/mol. The lowest BCUT2D eigenvalue weighted by atomic mass is 10.1. The van der Waals surface area contributed by atoms with E-state index in [1.165, 1.54) is 16.0 Å². The Morgan fingerprint density at radius 1 is 1.29 bits per heavy atom. The van der Waals surface area contributed by atoms with Crippen LogP contribution in [0.2, 0.25) is 0 Å². The maximum Gasteiger partial charge on any atom is 0.293 e. The first-order chi connectivity index (χ1) is 13.5. The summed E-state index contributed by atoms with van der Waals surface area (Å²) in [6.45, 7) is 3.39. The van der Waals surface area contributed by atoms with E-state index < -0.39 is 0 Å². The van der Waals surface area contributed by atoms with Gasteiger partial charge in [0.05, 0.1) is 16.6 Å².